The molecule has 6 heteroatoms. The lowest BCUT2D eigenvalue weighted by atomic mass is 9.99. The van der Waals surface area contributed by atoms with E-state index in [1.54, 1.807) is 6.20 Å². The van der Waals surface area contributed by atoms with E-state index in [0.29, 0.717) is 5.69 Å². The second-order valence-electron chi connectivity index (χ2n) is 3.77. The number of hydrogen-bond donors (Lipinski definition) is 2. The fourth-order valence-corrected chi connectivity index (χ4v) is 2.19. The molecule has 86 valence electrons. The summed E-state index contributed by atoms with van der Waals surface area (Å²) in [5.74, 6) is -0.222. The number of aromatic nitrogens is 2. The molecule has 0 bridgehead atoms. The number of hydrazone groups is 1. The lowest BCUT2D eigenvalue weighted by Gasteiger charge is -2.11. The Hall–Kier alpha value is -0.920. The molecule has 1 saturated carbocycles. The van der Waals surface area contributed by atoms with Crippen LogP contribution >= 0.6 is 22.6 Å². The molecule has 16 heavy (non-hydrogen) atoms. The van der Waals surface area contributed by atoms with E-state index in [1.165, 1.54) is 19.3 Å². The van der Waals surface area contributed by atoms with Crippen LogP contribution in [0.4, 0.5) is 0 Å². The fourth-order valence-electron chi connectivity index (χ4n) is 1.69. The standard InChI is InChI=1S/C10H13IN4O/c11-8-6-12-14-9(8)10(16)15-13-7-4-2-1-3-5-7/h6H,1-5H2,(H,12,14)(H,15,16). The third-order valence-electron chi connectivity index (χ3n) is 2.57. The van der Waals surface area contributed by atoms with E-state index in [4.69, 9.17) is 0 Å². The van der Waals surface area contributed by atoms with E-state index >= 15 is 0 Å². The maximum Gasteiger partial charge on any atom is 0.290 e. The molecular formula is C10H13IN4O. The van der Waals surface area contributed by atoms with Crippen molar-refractivity contribution in [1.29, 1.82) is 0 Å². The first kappa shape index (κ1) is 11.6. The summed E-state index contributed by atoms with van der Waals surface area (Å²) in [6.45, 7) is 0. The SMILES string of the molecule is O=C(NN=C1CCCCC1)c1[nH]ncc1I. The van der Waals surface area contributed by atoms with Gasteiger partial charge in [-0.15, -0.1) is 0 Å². The van der Waals surface area contributed by atoms with E-state index in [1.807, 2.05) is 0 Å². The Labute approximate surface area is 107 Å². The van der Waals surface area contributed by atoms with E-state index in [9.17, 15) is 4.79 Å². The summed E-state index contributed by atoms with van der Waals surface area (Å²) >= 11 is 2.06. The maximum absolute atomic E-state index is 11.7. The normalized spacial score (nSPS) is 15.9. The van der Waals surface area contributed by atoms with Gasteiger partial charge < -0.3 is 0 Å². The van der Waals surface area contributed by atoms with Crippen LogP contribution in [-0.2, 0) is 0 Å². The number of H-pyrrole nitrogens is 1. The van der Waals surface area contributed by atoms with Crippen molar-refractivity contribution in [1.82, 2.24) is 15.6 Å². The van der Waals surface area contributed by atoms with E-state index in [0.717, 1.165) is 22.1 Å². The molecule has 1 aromatic rings. The van der Waals surface area contributed by atoms with Gasteiger partial charge in [0.05, 0.1) is 9.77 Å². The maximum atomic E-state index is 11.7. The Morgan fingerprint density at radius 3 is 2.81 bits per heavy atom. The molecular weight excluding hydrogens is 319 g/mol. The molecule has 0 aromatic carbocycles. The molecule has 1 aliphatic carbocycles. The molecule has 5 nitrogen and oxygen atoms in total. The minimum atomic E-state index is -0.222. The highest BCUT2D eigenvalue weighted by atomic mass is 127. The monoisotopic (exact) mass is 332 g/mol. The van der Waals surface area contributed by atoms with Crippen molar-refractivity contribution in [3.63, 3.8) is 0 Å². The molecule has 2 N–H and O–H groups in total. The summed E-state index contributed by atoms with van der Waals surface area (Å²) in [5, 5.41) is 10.6. The third kappa shape index (κ3) is 2.81. The summed E-state index contributed by atoms with van der Waals surface area (Å²) in [5.41, 5.74) is 4.13. The minimum Gasteiger partial charge on any atom is -0.272 e. The molecule has 1 fully saturated rings. The molecule has 1 heterocycles. The molecule has 0 saturated heterocycles. The highest BCUT2D eigenvalue weighted by Crippen LogP contribution is 2.14. The Balaban J connectivity index is 1.95. The number of nitrogens with one attached hydrogen (secondary N) is 2. The first-order valence-corrected chi connectivity index (χ1v) is 6.40. The van der Waals surface area contributed by atoms with Gasteiger partial charge in [-0.3, -0.25) is 9.89 Å². The molecule has 0 aliphatic heterocycles. The Bertz CT molecular complexity index is 405. The molecule has 1 aromatic heterocycles. The van der Waals surface area contributed by atoms with Crippen LogP contribution in [0.5, 0.6) is 0 Å². The van der Waals surface area contributed by atoms with Crippen molar-refractivity contribution < 1.29 is 4.79 Å². The van der Waals surface area contributed by atoms with Crippen LogP contribution in [0.3, 0.4) is 0 Å². The quantitative estimate of drug-likeness (QED) is 0.643. The molecule has 0 atom stereocenters. The number of carbonyl (C=O) groups excluding carboxylic acids is 1. The molecule has 1 aliphatic rings. The predicted molar refractivity (Wildman–Crippen MR) is 69.3 cm³/mol. The van der Waals surface area contributed by atoms with Crippen LogP contribution in [0.15, 0.2) is 11.3 Å². The van der Waals surface area contributed by atoms with Gasteiger partial charge in [0.2, 0.25) is 0 Å². The summed E-state index contributed by atoms with van der Waals surface area (Å²) in [4.78, 5) is 11.7. The van der Waals surface area contributed by atoms with Gasteiger partial charge in [-0.1, -0.05) is 6.42 Å². The van der Waals surface area contributed by atoms with Crippen LogP contribution in [0, 0.1) is 3.57 Å². The van der Waals surface area contributed by atoms with Crippen molar-refractivity contribution >= 4 is 34.2 Å². The number of hydrogen-bond acceptors (Lipinski definition) is 3. The summed E-state index contributed by atoms with van der Waals surface area (Å²) < 4.78 is 0.805. The molecule has 0 radical (unpaired) electrons. The van der Waals surface area contributed by atoms with Crippen molar-refractivity contribution in [3.05, 3.63) is 15.5 Å². The van der Waals surface area contributed by atoms with Crippen LogP contribution in [0.1, 0.15) is 42.6 Å². The Morgan fingerprint density at radius 2 is 2.19 bits per heavy atom. The van der Waals surface area contributed by atoms with Gasteiger partial charge in [-0.25, -0.2) is 5.43 Å². The van der Waals surface area contributed by atoms with Crippen LogP contribution in [0.25, 0.3) is 0 Å². The average molecular weight is 332 g/mol. The molecule has 0 unspecified atom stereocenters. The van der Waals surface area contributed by atoms with Gasteiger partial charge in [-0.2, -0.15) is 10.2 Å². The lowest BCUT2D eigenvalue weighted by molar-refractivity contribution is 0.0948. The zero-order valence-corrected chi connectivity index (χ0v) is 11.0. The summed E-state index contributed by atoms with van der Waals surface area (Å²) in [7, 11) is 0. The van der Waals surface area contributed by atoms with Gasteiger partial charge in [0, 0.05) is 5.71 Å². The Morgan fingerprint density at radius 1 is 1.44 bits per heavy atom. The number of amides is 1. The topological polar surface area (TPSA) is 70.1 Å². The summed E-state index contributed by atoms with van der Waals surface area (Å²) in [6, 6.07) is 0. The van der Waals surface area contributed by atoms with E-state index in [2.05, 4.69) is 43.3 Å². The van der Waals surface area contributed by atoms with Crippen LogP contribution in [-0.4, -0.2) is 21.8 Å². The number of halogens is 1. The van der Waals surface area contributed by atoms with Crippen LogP contribution in [0.2, 0.25) is 0 Å². The number of aromatic amines is 1. The highest BCUT2D eigenvalue weighted by Gasteiger charge is 2.12. The number of nitrogens with zero attached hydrogens (tertiary/aromatic N) is 2. The van der Waals surface area contributed by atoms with E-state index < -0.39 is 0 Å². The zero-order chi connectivity index (χ0) is 11.4. The second-order valence-corrected chi connectivity index (χ2v) is 4.93. The third-order valence-corrected chi connectivity index (χ3v) is 3.38. The smallest absolute Gasteiger partial charge is 0.272 e. The number of carbonyl (C=O) groups is 1. The Kier molecular flexibility index (Phi) is 3.92. The minimum absolute atomic E-state index is 0.222. The molecule has 2 rings (SSSR count). The van der Waals surface area contributed by atoms with Crippen molar-refractivity contribution in [2.24, 2.45) is 5.10 Å². The van der Waals surface area contributed by atoms with Crippen molar-refractivity contribution in [2.45, 2.75) is 32.1 Å². The van der Waals surface area contributed by atoms with Gasteiger partial charge in [-0.05, 0) is 48.3 Å². The van der Waals surface area contributed by atoms with Crippen molar-refractivity contribution in [3.8, 4) is 0 Å². The van der Waals surface area contributed by atoms with Gasteiger partial charge in [0.1, 0.15) is 5.69 Å². The van der Waals surface area contributed by atoms with E-state index in [-0.39, 0.29) is 5.91 Å². The first-order chi connectivity index (χ1) is 7.77. The van der Waals surface area contributed by atoms with Gasteiger partial charge in [0.15, 0.2) is 0 Å². The largest absolute Gasteiger partial charge is 0.290 e. The fraction of sp³-hybridized carbons (Fsp3) is 0.500. The number of rotatable bonds is 2. The highest BCUT2D eigenvalue weighted by molar-refractivity contribution is 14.1. The second kappa shape index (κ2) is 5.42. The zero-order valence-electron chi connectivity index (χ0n) is 8.79. The molecule has 1 amide bonds. The predicted octanol–water partition coefficient (Wildman–Crippen LogP) is 2.06. The first-order valence-electron chi connectivity index (χ1n) is 5.32. The summed E-state index contributed by atoms with van der Waals surface area (Å²) in [6.07, 6.45) is 7.24. The van der Waals surface area contributed by atoms with Gasteiger partial charge >= 0.3 is 0 Å². The average Bonchev–Trinajstić information content (AvgIpc) is 2.74. The van der Waals surface area contributed by atoms with Gasteiger partial charge in [0.25, 0.3) is 5.91 Å². The van der Waals surface area contributed by atoms with Crippen LogP contribution < -0.4 is 5.43 Å². The van der Waals surface area contributed by atoms with Crippen molar-refractivity contribution in [2.75, 3.05) is 0 Å². The molecule has 0 spiro atoms. The lowest BCUT2D eigenvalue weighted by Crippen LogP contribution is -2.21.